The van der Waals surface area contributed by atoms with Gasteiger partial charge in [0.05, 0.1) is 19.0 Å². The van der Waals surface area contributed by atoms with Crippen LogP contribution in [0.2, 0.25) is 0 Å². The topological polar surface area (TPSA) is 67.6 Å². The molecule has 6 nitrogen and oxygen atoms in total. The standard InChI is InChI=1S/C17H21N3O3/c1-13(10-14-5-3-9-22-14)19-17(21)20-8-6-16(12-20)23-15-4-2-7-18-11-15/h2-5,7,9,11,13,16H,6,8,10,12H2,1H3,(H,19,21)/t13-,16+/m1/s1. The number of likely N-dealkylation sites (tertiary alicyclic amines) is 1. The molecule has 1 aliphatic heterocycles. The number of urea groups is 1. The molecule has 1 fully saturated rings. The molecule has 1 saturated heterocycles. The highest BCUT2D eigenvalue weighted by Crippen LogP contribution is 2.17. The number of aromatic nitrogens is 1. The lowest BCUT2D eigenvalue weighted by molar-refractivity contribution is 0.184. The van der Waals surface area contributed by atoms with E-state index < -0.39 is 0 Å². The van der Waals surface area contributed by atoms with E-state index in [2.05, 4.69) is 10.3 Å². The molecule has 2 aromatic heterocycles. The molecule has 1 aliphatic rings. The predicted octanol–water partition coefficient (Wildman–Crippen LogP) is 2.47. The van der Waals surface area contributed by atoms with Gasteiger partial charge in [0.25, 0.3) is 0 Å². The van der Waals surface area contributed by atoms with Crippen LogP contribution in [0.4, 0.5) is 4.79 Å². The van der Waals surface area contributed by atoms with E-state index in [0.717, 1.165) is 17.9 Å². The van der Waals surface area contributed by atoms with E-state index in [1.807, 2.05) is 31.2 Å². The molecule has 0 bridgehead atoms. The molecular formula is C17H21N3O3. The van der Waals surface area contributed by atoms with Gasteiger partial charge in [0.1, 0.15) is 17.6 Å². The van der Waals surface area contributed by atoms with Gasteiger partial charge in [-0.15, -0.1) is 0 Å². The lowest BCUT2D eigenvalue weighted by Crippen LogP contribution is -2.44. The minimum atomic E-state index is -0.0543. The Kier molecular flexibility index (Phi) is 4.80. The number of carbonyl (C=O) groups is 1. The first-order valence-corrected chi connectivity index (χ1v) is 7.85. The van der Waals surface area contributed by atoms with E-state index >= 15 is 0 Å². The third-order valence-electron chi connectivity index (χ3n) is 3.83. The van der Waals surface area contributed by atoms with Crippen LogP contribution in [0.25, 0.3) is 0 Å². The summed E-state index contributed by atoms with van der Waals surface area (Å²) in [6.45, 7) is 3.26. The fourth-order valence-electron chi connectivity index (χ4n) is 2.70. The normalized spacial score (nSPS) is 18.7. The first-order chi connectivity index (χ1) is 11.2. The van der Waals surface area contributed by atoms with Crippen molar-refractivity contribution in [3.63, 3.8) is 0 Å². The highest BCUT2D eigenvalue weighted by Gasteiger charge is 2.28. The predicted molar refractivity (Wildman–Crippen MR) is 85.2 cm³/mol. The zero-order valence-corrected chi connectivity index (χ0v) is 13.1. The summed E-state index contributed by atoms with van der Waals surface area (Å²) in [6, 6.07) is 7.45. The van der Waals surface area contributed by atoms with Gasteiger partial charge in [-0.05, 0) is 31.2 Å². The average molecular weight is 315 g/mol. The average Bonchev–Trinajstić information content (AvgIpc) is 3.20. The lowest BCUT2D eigenvalue weighted by Gasteiger charge is -2.20. The van der Waals surface area contributed by atoms with E-state index in [4.69, 9.17) is 9.15 Å². The molecule has 0 unspecified atom stereocenters. The zero-order chi connectivity index (χ0) is 16.1. The van der Waals surface area contributed by atoms with Crippen LogP contribution in [0, 0.1) is 0 Å². The molecule has 3 heterocycles. The van der Waals surface area contributed by atoms with Crippen molar-refractivity contribution in [1.82, 2.24) is 15.2 Å². The van der Waals surface area contributed by atoms with Gasteiger partial charge in [-0.3, -0.25) is 4.98 Å². The Hall–Kier alpha value is -2.50. The number of carbonyl (C=O) groups excluding carboxylic acids is 1. The van der Waals surface area contributed by atoms with Crippen LogP contribution in [0.5, 0.6) is 5.75 Å². The molecule has 0 radical (unpaired) electrons. The van der Waals surface area contributed by atoms with Gasteiger partial charge in [-0.2, -0.15) is 0 Å². The van der Waals surface area contributed by atoms with Crippen molar-refractivity contribution in [2.24, 2.45) is 0 Å². The van der Waals surface area contributed by atoms with Crippen LogP contribution in [-0.2, 0) is 6.42 Å². The highest BCUT2D eigenvalue weighted by atomic mass is 16.5. The summed E-state index contributed by atoms with van der Waals surface area (Å²) < 4.78 is 11.2. The van der Waals surface area contributed by atoms with Gasteiger partial charge in [0, 0.05) is 31.6 Å². The Morgan fingerprint density at radius 3 is 3.17 bits per heavy atom. The van der Waals surface area contributed by atoms with Crippen molar-refractivity contribution in [3.8, 4) is 5.75 Å². The van der Waals surface area contributed by atoms with E-state index in [-0.39, 0.29) is 18.2 Å². The number of furan rings is 1. The largest absolute Gasteiger partial charge is 0.487 e. The van der Waals surface area contributed by atoms with E-state index in [0.29, 0.717) is 19.5 Å². The number of ether oxygens (including phenoxy) is 1. The summed E-state index contributed by atoms with van der Waals surface area (Å²) in [5.41, 5.74) is 0. The van der Waals surface area contributed by atoms with Crippen LogP contribution in [0.1, 0.15) is 19.1 Å². The summed E-state index contributed by atoms with van der Waals surface area (Å²) in [5, 5.41) is 3.00. The quantitative estimate of drug-likeness (QED) is 0.920. The maximum atomic E-state index is 12.3. The van der Waals surface area contributed by atoms with Crippen LogP contribution < -0.4 is 10.1 Å². The number of hydrogen-bond donors (Lipinski definition) is 1. The monoisotopic (exact) mass is 315 g/mol. The second kappa shape index (κ2) is 7.17. The molecule has 122 valence electrons. The molecule has 0 saturated carbocycles. The molecule has 2 amide bonds. The van der Waals surface area contributed by atoms with Crippen molar-refractivity contribution >= 4 is 6.03 Å². The van der Waals surface area contributed by atoms with Gasteiger partial charge < -0.3 is 19.4 Å². The Bertz CT molecular complexity index is 615. The number of hydrogen-bond acceptors (Lipinski definition) is 4. The molecule has 6 heteroatoms. The van der Waals surface area contributed by atoms with Crippen molar-refractivity contribution in [2.45, 2.75) is 31.9 Å². The number of pyridine rings is 1. The summed E-state index contributed by atoms with van der Waals surface area (Å²) in [4.78, 5) is 18.1. The second-order valence-electron chi connectivity index (χ2n) is 5.80. The Labute approximate surface area is 135 Å². The lowest BCUT2D eigenvalue weighted by atomic mass is 10.2. The number of nitrogens with one attached hydrogen (secondary N) is 1. The first-order valence-electron chi connectivity index (χ1n) is 7.85. The van der Waals surface area contributed by atoms with Crippen molar-refractivity contribution in [1.29, 1.82) is 0 Å². The third-order valence-corrected chi connectivity index (χ3v) is 3.83. The van der Waals surface area contributed by atoms with E-state index in [1.165, 1.54) is 0 Å². The van der Waals surface area contributed by atoms with Crippen molar-refractivity contribution < 1.29 is 13.9 Å². The Balaban J connectivity index is 1.45. The second-order valence-corrected chi connectivity index (χ2v) is 5.80. The summed E-state index contributed by atoms with van der Waals surface area (Å²) in [5.74, 6) is 1.61. The number of amides is 2. The molecule has 0 aliphatic carbocycles. The smallest absolute Gasteiger partial charge is 0.317 e. The van der Waals surface area contributed by atoms with Crippen LogP contribution in [-0.4, -0.2) is 41.2 Å². The van der Waals surface area contributed by atoms with Gasteiger partial charge in [0.15, 0.2) is 0 Å². The van der Waals surface area contributed by atoms with Gasteiger partial charge in [0.2, 0.25) is 0 Å². The van der Waals surface area contributed by atoms with Crippen molar-refractivity contribution in [2.75, 3.05) is 13.1 Å². The van der Waals surface area contributed by atoms with Gasteiger partial charge in [-0.25, -0.2) is 4.79 Å². The third kappa shape index (κ3) is 4.25. The van der Waals surface area contributed by atoms with Crippen LogP contribution >= 0.6 is 0 Å². The molecular weight excluding hydrogens is 294 g/mol. The van der Waals surface area contributed by atoms with Crippen LogP contribution in [0.3, 0.4) is 0 Å². The van der Waals surface area contributed by atoms with Gasteiger partial charge in [-0.1, -0.05) is 0 Å². The molecule has 2 atom stereocenters. The maximum absolute atomic E-state index is 12.3. The maximum Gasteiger partial charge on any atom is 0.317 e. The zero-order valence-electron chi connectivity index (χ0n) is 13.1. The van der Waals surface area contributed by atoms with Gasteiger partial charge >= 0.3 is 6.03 Å². The summed E-state index contributed by atoms with van der Waals surface area (Å²) in [6.07, 6.45) is 6.57. The molecule has 1 N–H and O–H groups in total. The molecule has 0 spiro atoms. The molecule has 23 heavy (non-hydrogen) atoms. The highest BCUT2D eigenvalue weighted by molar-refractivity contribution is 5.74. The van der Waals surface area contributed by atoms with Crippen LogP contribution in [0.15, 0.2) is 47.3 Å². The molecule has 0 aromatic carbocycles. The van der Waals surface area contributed by atoms with E-state index in [1.54, 1.807) is 23.6 Å². The Morgan fingerprint density at radius 2 is 2.43 bits per heavy atom. The van der Waals surface area contributed by atoms with Crippen molar-refractivity contribution in [3.05, 3.63) is 48.7 Å². The minimum absolute atomic E-state index is 0.0188. The SMILES string of the molecule is C[C@H](Cc1ccco1)NC(=O)N1CC[C@H](Oc2cccnc2)C1. The fourth-order valence-corrected chi connectivity index (χ4v) is 2.70. The fraction of sp³-hybridized carbons (Fsp3) is 0.412. The minimum Gasteiger partial charge on any atom is -0.487 e. The number of rotatable bonds is 5. The summed E-state index contributed by atoms with van der Waals surface area (Å²) in [7, 11) is 0. The number of nitrogens with zero attached hydrogens (tertiary/aromatic N) is 2. The summed E-state index contributed by atoms with van der Waals surface area (Å²) >= 11 is 0. The Morgan fingerprint density at radius 1 is 1.52 bits per heavy atom. The first kappa shape index (κ1) is 15.4. The molecule has 3 rings (SSSR count). The molecule has 2 aromatic rings. The van der Waals surface area contributed by atoms with E-state index in [9.17, 15) is 4.79 Å².